The second kappa shape index (κ2) is 10.9. The van der Waals surface area contributed by atoms with E-state index >= 15 is 0 Å². The zero-order chi connectivity index (χ0) is 18.7. The fourth-order valence-electron chi connectivity index (χ4n) is 1.69. The van der Waals surface area contributed by atoms with Crippen molar-refractivity contribution < 1.29 is 23.8 Å². The summed E-state index contributed by atoms with van der Waals surface area (Å²) in [6.45, 7) is 5.24. The van der Waals surface area contributed by atoms with Crippen LogP contribution >= 0.6 is 0 Å². The molecule has 0 fully saturated rings. The molecular formula is C20H24O5. The van der Waals surface area contributed by atoms with Crippen LogP contribution < -0.4 is 4.74 Å². The lowest BCUT2D eigenvalue weighted by atomic mass is 10.2. The zero-order valence-corrected chi connectivity index (χ0v) is 15.1. The minimum atomic E-state index is -0.446. The van der Waals surface area contributed by atoms with Gasteiger partial charge in [0, 0.05) is 11.1 Å². The maximum Gasteiger partial charge on any atom is 0.333 e. The van der Waals surface area contributed by atoms with Gasteiger partial charge in [0.15, 0.2) is 0 Å². The van der Waals surface area contributed by atoms with Crippen molar-refractivity contribution in [3.63, 3.8) is 0 Å². The zero-order valence-electron chi connectivity index (χ0n) is 15.1. The second-order valence-electron chi connectivity index (χ2n) is 5.23. The normalized spacial score (nSPS) is 12.2. The lowest BCUT2D eigenvalue weighted by Crippen LogP contribution is -2.09. The first kappa shape index (κ1) is 20.2. The van der Waals surface area contributed by atoms with E-state index in [9.17, 15) is 9.59 Å². The van der Waals surface area contributed by atoms with Gasteiger partial charge in [-0.1, -0.05) is 24.3 Å². The Bertz CT molecular complexity index is 666. The highest BCUT2D eigenvalue weighted by molar-refractivity contribution is 5.89. The number of hydrogen-bond donors (Lipinski definition) is 0. The Morgan fingerprint density at radius 3 is 2.16 bits per heavy atom. The van der Waals surface area contributed by atoms with Crippen molar-refractivity contribution in [3.8, 4) is 5.75 Å². The molecular weight excluding hydrogens is 320 g/mol. The van der Waals surface area contributed by atoms with E-state index in [4.69, 9.17) is 14.2 Å². The Labute approximate surface area is 148 Å². The van der Waals surface area contributed by atoms with E-state index in [1.54, 1.807) is 40.0 Å². The van der Waals surface area contributed by atoms with E-state index in [2.05, 4.69) is 0 Å². The number of carbonyl (C=O) groups is 2. The fraction of sp³-hybridized carbons (Fsp3) is 0.300. The minimum Gasteiger partial charge on any atom is -0.497 e. The van der Waals surface area contributed by atoms with E-state index in [0.29, 0.717) is 11.1 Å². The standard InChI is InChI=1S/C20H24O5/c1-5-15(2)19(21)25-14-12-16(3)20(22)24-13-6-7-17-8-10-18(23-4)11-9-17/h5-12H,13-14H2,1-4H3/b7-6+,15-5-,16-12-. The summed E-state index contributed by atoms with van der Waals surface area (Å²) in [5.74, 6) is -0.0600. The maximum atomic E-state index is 11.8. The summed E-state index contributed by atoms with van der Waals surface area (Å²) >= 11 is 0. The highest BCUT2D eigenvalue weighted by atomic mass is 16.5. The van der Waals surface area contributed by atoms with Crippen molar-refractivity contribution in [2.45, 2.75) is 20.8 Å². The molecule has 1 rings (SSSR count). The van der Waals surface area contributed by atoms with Gasteiger partial charge < -0.3 is 14.2 Å². The summed E-state index contributed by atoms with van der Waals surface area (Å²) in [7, 11) is 1.61. The Morgan fingerprint density at radius 2 is 1.56 bits per heavy atom. The quantitative estimate of drug-likeness (QED) is 0.531. The van der Waals surface area contributed by atoms with Crippen molar-refractivity contribution in [2.75, 3.05) is 20.3 Å². The van der Waals surface area contributed by atoms with E-state index in [1.807, 2.05) is 30.3 Å². The molecule has 134 valence electrons. The largest absolute Gasteiger partial charge is 0.497 e. The van der Waals surface area contributed by atoms with Crippen molar-refractivity contribution in [2.24, 2.45) is 0 Å². The van der Waals surface area contributed by atoms with E-state index in [0.717, 1.165) is 11.3 Å². The molecule has 0 saturated heterocycles. The van der Waals surface area contributed by atoms with Crippen LogP contribution in [-0.4, -0.2) is 32.3 Å². The first-order chi connectivity index (χ1) is 12.0. The van der Waals surface area contributed by atoms with Gasteiger partial charge >= 0.3 is 11.9 Å². The molecule has 0 radical (unpaired) electrons. The molecule has 0 aromatic heterocycles. The van der Waals surface area contributed by atoms with Gasteiger partial charge in [-0.15, -0.1) is 0 Å². The number of esters is 2. The predicted octanol–water partition coefficient (Wildman–Crippen LogP) is 3.71. The Balaban J connectivity index is 2.38. The fourth-order valence-corrected chi connectivity index (χ4v) is 1.69. The third-order valence-electron chi connectivity index (χ3n) is 3.42. The summed E-state index contributed by atoms with van der Waals surface area (Å²) < 4.78 is 15.2. The number of methoxy groups -OCH3 is 1. The molecule has 0 bridgehead atoms. The van der Waals surface area contributed by atoms with E-state index in [-0.39, 0.29) is 13.2 Å². The summed E-state index contributed by atoms with van der Waals surface area (Å²) in [6.07, 6.45) is 6.80. The molecule has 0 N–H and O–H groups in total. The van der Waals surface area contributed by atoms with Crippen LogP contribution in [0.15, 0.2) is 53.6 Å². The first-order valence-corrected chi connectivity index (χ1v) is 7.92. The average Bonchev–Trinajstić information content (AvgIpc) is 2.64. The second-order valence-corrected chi connectivity index (χ2v) is 5.23. The molecule has 0 saturated carbocycles. The van der Waals surface area contributed by atoms with Crippen molar-refractivity contribution in [1.82, 2.24) is 0 Å². The highest BCUT2D eigenvalue weighted by Crippen LogP contribution is 2.12. The van der Waals surface area contributed by atoms with Crippen LogP contribution in [0.3, 0.4) is 0 Å². The molecule has 0 aliphatic rings. The van der Waals surface area contributed by atoms with Crippen LogP contribution in [0.5, 0.6) is 5.75 Å². The van der Waals surface area contributed by atoms with Gasteiger partial charge in [0.2, 0.25) is 0 Å². The predicted molar refractivity (Wildman–Crippen MR) is 97.1 cm³/mol. The average molecular weight is 344 g/mol. The maximum absolute atomic E-state index is 11.8. The van der Waals surface area contributed by atoms with Crippen LogP contribution in [0.25, 0.3) is 6.08 Å². The van der Waals surface area contributed by atoms with Gasteiger partial charge in [0.25, 0.3) is 0 Å². The molecule has 0 heterocycles. The van der Waals surface area contributed by atoms with Gasteiger partial charge in [0.05, 0.1) is 7.11 Å². The highest BCUT2D eigenvalue weighted by Gasteiger charge is 2.06. The van der Waals surface area contributed by atoms with Gasteiger partial charge in [-0.2, -0.15) is 0 Å². The molecule has 0 amide bonds. The number of allylic oxidation sites excluding steroid dienone is 1. The monoisotopic (exact) mass is 344 g/mol. The van der Waals surface area contributed by atoms with E-state index < -0.39 is 11.9 Å². The molecule has 0 aliphatic carbocycles. The van der Waals surface area contributed by atoms with Gasteiger partial charge in [0.1, 0.15) is 19.0 Å². The lowest BCUT2D eigenvalue weighted by Gasteiger charge is -2.04. The number of hydrogen-bond acceptors (Lipinski definition) is 5. The summed E-state index contributed by atoms with van der Waals surface area (Å²) in [6, 6.07) is 7.53. The SMILES string of the molecule is C/C=C(/C)C(=O)OC/C=C(/C)C(=O)OC/C=C/c1ccc(OC)cc1. The Hall–Kier alpha value is -2.82. The summed E-state index contributed by atoms with van der Waals surface area (Å²) in [5, 5.41) is 0. The van der Waals surface area contributed by atoms with Crippen LogP contribution in [0, 0.1) is 0 Å². The van der Waals surface area contributed by atoms with Crippen molar-refractivity contribution in [1.29, 1.82) is 0 Å². The van der Waals surface area contributed by atoms with Crippen LogP contribution in [-0.2, 0) is 19.1 Å². The summed E-state index contributed by atoms with van der Waals surface area (Å²) in [4.78, 5) is 23.3. The number of rotatable bonds is 8. The lowest BCUT2D eigenvalue weighted by molar-refractivity contribution is -0.139. The van der Waals surface area contributed by atoms with Crippen molar-refractivity contribution >= 4 is 18.0 Å². The Morgan fingerprint density at radius 1 is 0.960 bits per heavy atom. The van der Waals surface area contributed by atoms with Crippen LogP contribution in [0.4, 0.5) is 0 Å². The molecule has 5 nitrogen and oxygen atoms in total. The molecule has 1 aromatic carbocycles. The molecule has 0 atom stereocenters. The molecule has 0 aliphatic heterocycles. The topological polar surface area (TPSA) is 61.8 Å². The molecule has 0 unspecified atom stereocenters. The Kier molecular flexibility index (Phi) is 8.79. The van der Waals surface area contributed by atoms with Gasteiger partial charge in [-0.3, -0.25) is 0 Å². The van der Waals surface area contributed by atoms with E-state index in [1.165, 1.54) is 6.08 Å². The third-order valence-corrected chi connectivity index (χ3v) is 3.42. The number of benzene rings is 1. The summed E-state index contributed by atoms with van der Waals surface area (Å²) in [5.41, 5.74) is 1.90. The van der Waals surface area contributed by atoms with Crippen LogP contribution in [0.2, 0.25) is 0 Å². The van der Waals surface area contributed by atoms with Gasteiger partial charge in [-0.25, -0.2) is 9.59 Å². The number of carbonyl (C=O) groups excluding carboxylic acids is 2. The smallest absolute Gasteiger partial charge is 0.333 e. The van der Waals surface area contributed by atoms with Crippen LogP contribution in [0.1, 0.15) is 26.3 Å². The first-order valence-electron chi connectivity index (χ1n) is 7.92. The third kappa shape index (κ3) is 7.52. The molecule has 5 heteroatoms. The molecule has 0 spiro atoms. The van der Waals surface area contributed by atoms with Gasteiger partial charge in [-0.05, 0) is 50.6 Å². The van der Waals surface area contributed by atoms with Crippen molar-refractivity contribution in [3.05, 3.63) is 59.2 Å². The number of ether oxygens (including phenoxy) is 3. The molecule has 1 aromatic rings. The minimum absolute atomic E-state index is 0.0344. The molecule has 25 heavy (non-hydrogen) atoms.